The number of hydrogen-bond donors (Lipinski definition) is 1. The summed E-state index contributed by atoms with van der Waals surface area (Å²) in [7, 11) is 1.54. The maximum atomic E-state index is 12.1. The molecule has 0 saturated carbocycles. The van der Waals surface area contributed by atoms with Gasteiger partial charge in [0.1, 0.15) is 0 Å². The highest BCUT2D eigenvalue weighted by Crippen LogP contribution is 2.36. The van der Waals surface area contributed by atoms with E-state index in [0.717, 1.165) is 6.42 Å². The van der Waals surface area contributed by atoms with Gasteiger partial charge in [-0.05, 0) is 30.4 Å². The van der Waals surface area contributed by atoms with Crippen molar-refractivity contribution in [1.82, 2.24) is 5.32 Å². The van der Waals surface area contributed by atoms with Crippen LogP contribution in [0.15, 0.2) is 12.1 Å². The third-order valence-corrected chi connectivity index (χ3v) is 3.38. The van der Waals surface area contributed by atoms with Gasteiger partial charge in [-0.1, -0.05) is 39.3 Å². The third kappa shape index (κ3) is 5.76. The fourth-order valence-electron chi connectivity index (χ4n) is 1.79. The normalized spacial score (nSPS) is 10.9. The van der Waals surface area contributed by atoms with Gasteiger partial charge in [-0.15, -0.1) is 0 Å². The molecule has 124 valence electrons. The minimum absolute atomic E-state index is 0.164. The van der Waals surface area contributed by atoms with Crippen LogP contribution in [0, 0.1) is 11.8 Å². The zero-order valence-corrected chi connectivity index (χ0v) is 14.8. The summed E-state index contributed by atoms with van der Waals surface area (Å²) in [5.41, 5.74) is 0.471. The molecule has 0 fully saturated rings. The quantitative estimate of drug-likeness (QED) is 0.780. The molecular formula is C17H26ClNO3. The lowest BCUT2D eigenvalue weighted by molar-refractivity contribution is 0.0948. The maximum absolute atomic E-state index is 12.1. The van der Waals surface area contributed by atoms with Crippen molar-refractivity contribution in [2.45, 2.75) is 34.1 Å². The highest BCUT2D eigenvalue weighted by atomic mass is 35.5. The first-order valence-electron chi connectivity index (χ1n) is 7.63. The number of amides is 1. The van der Waals surface area contributed by atoms with Gasteiger partial charge >= 0.3 is 0 Å². The van der Waals surface area contributed by atoms with Crippen LogP contribution >= 0.6 is 11.6 Å². The summed E-state index contributed by atoms with van der Waals surface area (Å²) in [6.45, 7) is 9.52. The Morgan fingerprint density at radius 1 is 1.23 bits per heavy atom. The second kappa shape index (κ2) is 8.89. The summed E-state index contributed by atoms with van der Waals surface area (Å²) in [6, 6.07) is 3.27. The average Bonchev–Trinajstić information content (AvgIpc) is 2.45. The Kier molecular flexibility index (Phi) is 7.52. The molecule has 0 aliphatic heterocycles. The number of halogens is 1. The predicted octanol–water partition coefficient (Wildman–Crippen LogP) is 4.16. The number of ether oxygens (including phenoxy) is 2. The van der Waals surface area contributed by atoms with Gasteiger partial charge < -0.3 is 14.8 Å². The van der Waals surface area contributed by atoms with E-state index in [-0.39, 0.29) is 5.91 Å². The molecule has 1 N–H and O–H groups in total. The number of carbonyl (C=O) groups is 1. The molecule has 4 nitrogen and oxygen atoms in total. The van der Waals surface area contributed by atoms with Crippen molar-refractivity contribution < 1.29 is 14.3 Å². The molecule has 0 unspecified atom stereocenters. The van der Waals surface area contributed by atoms with Crippen molar-refractivity contribution in [3.05, 3.63) is 22.7 Å². The Morgan fingerprint density at radius 3 is 2.45 bits per heavy atom. The Hall–Kier alpha value is -1.42. The van der Waals surface area contributed by atoms with E-state index >= 15 is 0 Å². The maximum Gasteiger partial charge on any atom is 0.251 e. The van der Waals surface area contributed by atoms with Gasteiger partial charge in [-0.25, -0.2) is 0 Å². The van der Waals surface area contributed by atoms with Crippen LogP contribution in [0.25, 0.3) is 0 Å². The van der Waals surface area contributed by atoms with Crippen LogP contribution in [0.4, 0.5) is 0 Å². The first kappa shape index (κ1) is 18.6. The van der Waals surface area contributed by atoms with E-state index in [1.807, 2.05) is 13.8 Å². The van der Waals surface area contributed by atoms with Crippen molar-refractivity contribution in [3.8, 4) is 11.5 Å². The molecule has 5 heteroatoms. The molecule has 0 atom stereocenters. The predicted molar refractivity (Wildman–Crippen MR) is 90.1 cm³/mol. The number of nitrogens with one attached hydrogen (secondary N) is 1. The van der Waals surface area contributed by atoms with Crippen LogP contribution in [-0.2, 0) is 0 Å². The van der Waals surface area contributed by atoms with Gasteiger partial charge in [-0.2, -0.15) is 0 Å². The van der Waals surface area contributed by atoms with E-state index in [9.17, 15) is 4.79 Å². The molecule has 0 saturated heterocycles. The lowest BCUT2D eigenvalue weighted by atomic mass is 10.1. The summed E-state index contributed by atoms with van der Waals surface area (Å²) in [6.07, 6.45) is 0.927. The molecule has 0 heterocycles. The van der Waals surface area contributed by atoms with Crippen molar-refractivity contribution in [1.29, 1.82) is 0 Å². The molecule has 1 rings (SSSR count). The SMILES string of the molecule is COc1cc(C(=O)NCC(C)C)cc(Cl)c1OCCC(C)C. The van der Waals surface area contributed by atoms with Crippen molar-refractivity contribution in [3.63, 3.8) is 0 Å². The second-order valence-corrected chi connectivity index (χ2v) is 6.53. The Balaban J connectivity index is 2.87. The number of hydrogen-bond acceptors (Lipinski definition) is 3. The first-order chi connectivity index (χ1) is 10.3. The number of carbonyl (C=O) groups excluding carboxylic acids is 1. The molecule has 22 heavy (non-hydrogen) atoms. The summed E-state index contributed by atoms with van der Waals surface area (Å²) in [4.78, 5) is 12.1. The van der Waals surface area contributed by atoms with Gasteiger partial charge in [0, 0.05) is 12.1 Å². The molecule has 0 radical (unpaired) electrons. The smallest absolute Gasteiger partial charge is 0.251 e. The van der Waals surface area contributed by atoms with Crippen LogP contribution in [0.2, 0.25) is 5.02 Å². The van der Waals surface area contributed by atoms with Gasteiger partial charge in [0.15, 0.2) is 11.5 Å². The zero-order valence-electron chi connectivity index (χ0n) is 14.0. The molecule has 0 aromatic heterocycles. The molecule has 1 amide bonds. The monoisotopic (exact) mass is 327 g/mol. The number of rotatable bonds is 8. The summed E-state index contributed by atoms with van der Waals surface area (Å²) in [5, 5.41) is 3.25. The van der Waals surface area contributed by atoms with E-state index in [2.05, 4.69) is 19.2 Å². The van der Waals surface area contributed by atoms with Gasteiger partial charge in [0.25, 0.3) is 5.91 Å². The molecule has 1 aromatic rings. The highest BCUT2D eigenvalue weighted by Gasteiger charge is 2.16. The van der Waals surface area contributed by atoms with Crippen LogP contribution in [0.3, 0.4) is 0 Å². The van der Waals surface area contributed by atoms with Crippen LogP contribution in [0.5, 0.6) is 11.5 Å². The average molecular weight is 328 g/mol. The van der Waals surface area contributed by atoms with Crippen molar-refractivity contribution in [2.24, 2.45) is 11.8 Å². The van der Waals surface area contributed by atoms with Crippen LogP contribution < -0.4 is 14.8 Å². The van der Waals surface area contributed by atoms with Crippen LogP contribution in [0.1, 0.15) is 44.5 Å². The van der Waals surface area contributed by atoms with E-state index < -0.39 is 0 Å². The molecule has 1 aromatic carbocycles. The zero-order chi connectivity index (χ0) is 16.7. The molecular weight excluding hydrogens is 302 g/mol. The van der Waals surface area contributed by atoms with E-state index in [4.69, 9.17) is 21.1 Å². The number of benzene rings is 1. The summed E-state index contributed by atoms with van der Waals surface area (Å²) in [5.74, 6) is 1.74. The molecule has 0 bridgehead atoms. The minimum atomic E-state index is -0.164. The Labute approximate surface area is 138 Å². The van der Waals surface area contributed by atoms with Crippen molar-refractivity contribution >= 4 is 17.5 Å². The fourth-order valence-corrected chi connectivity index (χ4v) is 2.05. The second-order valence-electron chi connectivity index (χ2n) is 6.12. The highest BCUT2D eigenvalue weighted by molar-refractivity contribution is 6.32. The standard InChI is InChI=1S/C17H26ClNO3/c1-11(2)6-7-22-16-14(18)8-13(9-15(16)21-5)17(20)19-10-12(3)4/h8-9,11-12H,6-7,10H2,1-5H3,(H,19,20). The Bertz CT molecular complexity index is 501. The number of methoxy groups -OCH3 is 1. The minimum Gasteiger partial charge on any atom is -0.493 e. The molecule has 0 spiro atoms. The topological polar surface area (TPSA) is 47.6 Å². The van der Waals surface area contributed by atoms with Gasteiger partial charge in [-0.3, -0.25) is 4.79 Å². The first-order valence-corrected chi connectivity index (χ1v) is 8.01. The van der Waals surface area contributed by atoms with E-state index in [1.165, 1.54) is 7.11 Å². The van der Waals surface area contributed by atoms with Gasteiger partial charge in [0.05, 0.1) is 18.7 Å². The van der Waals surface area contributed by atoms with Crippen molar-refractivity contribution in [2.75, 3.05) is 20.3 Å². The van der Waals surface area contributed by atoms with E-state index in [0.29, 0.717) is 47.1 Å². The van der Waals surface area contributed by atoms with Gasteiger partial charge in [0.2, 0.25) is 0 Å². The van der Waals surface area contributed by atoms with Crippen LogP contribution in [-0.4, -0.2) is 26.2 Å². The fraction of sp³-hybridized carbons (Fsp3) is 0.588. The Morgan fingerprint density at radius 2 is 1.91 bits per heavy atom. The summed E-state index contributed by atoms with van der Waals surface area (Å²) < 4.78 is 11.0. The molecule has 0 aliphatic carbocycles. The van der Waals surface area contributed by atoms with E-state index in [1.54, 1.807) is 12.1 Å². The third-order valence-electron chi connectivity index (χ3n) is 3.10. The lowest BCUT2D eigenvalue weighted by Gasteiger charge is -2.15. The largest absolute Gasteiger partial charge is 0.493 e. The lowest BCUT2D eigenvalue weighted by Crippen LogP contribution is -2.27. The molecule has 0 aliphatic rings. The summed E-state index contributed by atoms with van der Waals surface area (Å²) >= 11 is 6.25.